The summed E-state index contributed by atoms with van der Waals surface area (Å²) >= 11 is 0. The van der Waals surface area contributed by atoms with Gasteiger partial charge in [-0.1, -0.05) is 26.7 Å². The molecule has 2 rings (SSSR count). The van der Waals surface area contributed by atoms with Crippen LogP contribution in [0.25, 0.3) is 0 Å². The molecular formula is C16H24FN. The standard InChI is InChI=1S/C16H24FN/c1-11(2)13-5-4-6-15(10-13)18-16-8-7-14(17)9-12(16)3/h7-9,11,13,15,18H,4-6,10H2,1-3H3. The summed E-state index contributed by atoms with van der Waals surface area (Å²) in [6.45, 7) is 6.60. The van der Waals surface area contributed by atoms with Gasteiger partial charge in [0.1, 0.15) is 5.82 Å². The van der Waals surface area contributed by atoms with Crippen molar-refractivity contribution in [2.75, 3.05) is 5.32 Å². The van der Waals surface area contributed by atoms with Crippen LogP contribution in [0.15, 0.2) is 18.2 Å². The van der Waals surface area contributed by atoms with E-state index >= 15 is 0 Å². The van der Waals surface area contributed by atoms with Gasteiger partial charge < -0.3 is 5.32 Å². The van der Waals surface area contributed by atoms with Crippen molar-refractivity contribution >= 4 is 5.69 Å². The topological polar surface area (TPSA) is 12.0 Å². The van der Waals surface area contributed by atoms with Crippen molar-refractivity contribution in [1.82, 2.24) is 0 Å². The summed E-state index contributed by atoms with van der Waals surface area (Å²) < 4.78 is 13.1. The van der Waals surface area contributed by atoms with Crippen LogP contribution < -0.4 is 5.32 Å². The lowest BCUT2D eigenvalue weighted by molar-refractivity contribution is 0.264. The van der Waals surface area contributed by atoms with Gasteiger partial charge in [-0.3, -0.25) is 0 Å². The van der Waals surface area contributed by atoms with Crippen LogP contribution in [0.3, 0.4) is 0 Å². The monoisotopic (exact) mass is 249 g/mol. The predicted molar refractivity (Wildman–Crippen MR) is 75.3 cm³/mol. The van der Waals surface area contributed by atoms with E-state index in [0.29, 0.717) is 6.04 Å². The summed E-state index contributed by atoms with van der Waals surface area (Å²) in [5.41, 5.74) is 2.09. The van der Waals surface area contributed by atoms with E-state index < -0.39 is 0 Å². The molecule has 0 radical (unpaired) electrons. The Morgan fingerprint density at radius 2 is 2.06 bits per heavy atom. The highest BCUT2D eigenvalue weighted by Crippen LogP contribution is 2.32. The highest BCUT2D eigenvalue weighted by molar-refractivity contribution is 5.51. The smallest absolute Gasteiger partial charge is 0.123 e. The number of rotatable bonds is 3. The van der Waals surface area contributed by atoms with E-state index in [1.807, 2.05) is 13.0 Å². The first-order chi connectivity index (χ1) is 8.56. The molecule has 0 aliphatic heterocycles. The minimum absolute atomic E-state index is 0.151. The molecule has 1 aliphatic rings. The maximum Gasteiger partial charge on any atom is 0.123 e. The van der Waals surface area contributed by atoms with Gasteiger partial charge in [0.05, 0.1) is 0 Å². The number of hydrogen-bond donors (Lipinski definition) is 1. The van der Waals surface area contributed by atoms with Gasteiger partial charge in [0.2, 0.25) is 0 Å². The maximum atomic E-state index is 13.1. The average Bonchev–Trinajstić information content (AvgIpc) is 2.33. The minimum atomic E-state index is -0.151. The second kappa shape index (κ2) is 5.73. The van der Waals surface area contributed by atoms with Gasteiger partial charge >= 0.3 is 0 Å². The Balaban J connectivity index is 2.00. The Morgan fingerprint density at radius 3 is 2.72 bits per heavy atom. The lowest BCUT2D eigenvalue weighted by Gasteiger charge is -2.33. The van der Waals surface area contributed by atoms with E-state index in [1.165, 1.54) is 31.7 Å². The van der Waals surface area contributed by atoms with Gasteiger partial charge in [0.25, 0.3) is 0 Å². The lowest BCUT2D eigenvalue weighted by atomic mass is 9.79. The fraction of sp³-hybridized carbons (Fsp3) is 0.625. The Hall–Kier alpha value is -1.05. The van der Waals surface area contributed by atoms with Crippen LogP contribution in [0.1, 0.15) is 45.1 Å². The van der Waals surface area contributed by atoms with Crippen molar-refractivity contribution < 1.29 is 4.39 Å². The van der Waals surface area contributed by atoms with Gasteiger partial charge in [-0.05, 0) is 55.4 Å². The third-order valence-electron chi connectivity index (χ3n) is 4.21. The molecule has 100 valence electrons. The number of benzene rings is 1. The van der Waals surface area contributed by atoms with Crippen LogP contribution >= 0.6 is 0 Å². The quantitative estimate of drug-likeness (QED) is 0.814. The number of hydrogen-bond acceptors (Lipinski definition) is 1. The average molecular weight is 249 g/mol. The molecule has 1 aromatic carbocycles. The zero-order valence-electron chi connectivity index (χ0n) is 11.7. The van der Waals surface area contributed by atoms with Crippen molar-refractivity contribution in [2.45, 2.75) is 52.5 Å². The zero-order chi connectivity index (χ0) is 13.1. The molecule has 1 aromatic rings. The third-order valence-corrected chi connectivity index (χ3v) is 4.21. The van der Waals surface area contributed by atoms with E-state index in [0.717, 1.165) is 23.1 Å². The van der Waals surface area contributed by atoms with E-state index in [4.69, 9.17) is 0 Å². The van der Waals surface area contributed by atoms with Crippen molar-refractivity contribution in [3.63, 3.8) is 0 Å². The van der Waals surface area contributed by atoms with Crippen LogP contribution in [0.2, 0.25) is 0 Å². The molecular weight excluding hydrogens is 225 g/mol. The molecule has 0 amide bonds. The van der Waals surface area contributed by atoms with Crippen molar-refractivity contribution in [3.8, 4) is 0 Å². The Kier molecular flexibility index (Phi) is 4.26. The molecule has 1 aliphatic carbocycles. The van der Waals surface area contributed by atoms with Gasteiger partial charge in [0.15, 0.2) is 0 Å². The first kappa shape index (κ1) is 13.4. The minimum Gasteiger partial charge on any atom is -0.382 e. The molecule has 0 aromatic heterocycles. The molecule has 0 saturated heterocycles. The van der Waals surface area contributed by atoms with Gasteiger partial charge in [-0.25, -0.2) is 4.39 Å². The lowest BCUT2D eigenvalue weighted by Crippen LogP contribution is -2.29. The Bertz CT molecular complexity index is 400. The molecule has 1 fully saturated rings. The third kappa shape index (κ3) is 3.24. The summed E-state index contributed by atoms with van der Waals surface area (Å²) in [5, 5.41) is 3.59. The molecule has 18 heavy (non-hydrogen) atoms. The molecule has 0 spiro atoms. The summed E-state index contributed by atoms with van der Waals surface area (Å²) in [4.78, 5) is 0. The molecule has 2 heteroatoms. The predicted octanol–water partition coefficient (Wildman–Crippen LogP) is 4.76. The molecule has 1 N–H and O–H groups in total. The van der Waals surface area contributed by atoms with E-state index in [-0.39, 0.29) is 5.82 Å². The second-order valence-electron chi connectivity index (χ2n) is 5.97. The molecule has 1 nitrogen and oxygen atoms in total. The Morgan fingerprint density at radius 1 is 1.28 bits per heavy atom. The van der Waals surface area contributed by atoms with E-state index in [1.54, 1.807) is 6.07 Å². The second-order valence-corrected chi connectivity index (χ2v) is 5.97. The van der Waals surface area contributed by atoms with Gasteiger partial charge in [0, 0.05) is 11.7 Å². The summed E-state index contributed by atoms with van der Waals surface area (Å²) in [6, 6.07) is 5.56. The first-order valence-corrected chi connectivity index (χ1v) is 7.09. The largest absolute Gasteiger partial charge is 0.382 e. The van der Waals surface area contributed by atoms with Crippen LogP contribution in [0.4, 0.5) is 10.1 Å². The van der Waals surface area contributed by atoms with Gasteiger partial charge in [-0.15, -0.1) is 0 Å². The number of aryl methyl sites for hydroxylation is 1. The van der Waals surface area contributed by atoms with Crippen LogP contribution in [0, 0.1) is 24.6 Å². The fourth-order valence-corrected chi connectivity index (χ4v) is 2.97. The van der Waals surface area contributed by atoms with Gasteiger partial charge in [-0.2, -0.15) is 0 Å². The SMILES string of the molecule is Cc1cc(F)ccc1NC1CCCC(C(C)C)C1. The summed E-state index contributed by atoms with van der Waals surface area (Å²) in [5.74, 6) is 1.45. The van der Waals surface area contributed by atoms with Crippen LogP contribution in [-0.4, -0.2) is 6.04 Å². The summed E-state index contributed by atoms with van der Waals surface area (Å²) in [7, 11) is 0. The molecule has 0 heterocycles. The van der Waals surface area contributed by atoms with Crippen molar-refractivity contribution in [1.29, 1.82) is 0 Å². The highest BCUT2D eigenvalue weighted by Gasteiger charge is 2.24. The Labute approximate surface area is 110 Å². The summed E-state index contributed by atoms with van der Waals surface area (Å²) in [6.07, 6.45) is 5.15. The fourth-order valence-electron chi connectivity index (χ4n) is 2.97. The molecule has 0 bridgehead atoms. The van der Waals surface area contributed by atoms with Crippen LogP contribution in [0.5, 0.6) is 0 Å². The number of anilines is 1. The number of halogens is 1. The van der Waals surface area contributed by atoms with Crippen LogP contribution in [-0.2, 0) is 0 Å². The first-order valence-electron chi connectivity index (χ1n) is 7.09. The molecule has 2 atom stereocenters. The van der Waals surface area contributed by atoms with Crippen molar-refractivity contribution in [3.05, 3.63) is 29.6 Å². The number of nitrogens with one attached hydrogen (secondary N) is 1. The van der Waals surface area contributed by atoms with Crippen molar-refractivity contribution in [2.24, 2.45) is 11.8 Å². The zero-order valence-corrected chi connectivity index (χ0v) is 11.7. The highest BCUT2D eigenvalue weighted by atomic mass is 19.1. The normalized spacial score (nSPS) is 24.3. The van der Waals surface area contributed by atoms with E-state index in [9.17, 15) is 4.39 Å². The maximum absolute atomic E-state index is 13.1. The molecule has 2 unspecified atom stereocenters. The molecule has 1 saturated carbocycles. The van der Waals surface area contributed by atoms with E-state index in [2.05, 4.69) is 19.2 Å².